The smallest absolute Gasteiger partial charge is 0.130 e. The van der Waals surface area contributed by atoms with Gasteiger partial charge in [-0.1, -0.05) is 127 Å². The van der Waals surface area contributed by atoms with Gasteiger partial charge in [0.2, 0.25) is 0 Å². The van der Waals surface area contributed by atoms with E-state index in [-0.39, 0.29) is 5.16 Å². The molecule has 0 saturated carbocycles. The summed E-state index contributed by atoms with van der Waals surface area (Å²) >= 11 is 0. The summed E-state index contributed by atoms with van der Waals surface area (Å²) in [5.41, 5.74) is 6.43. The fourth-order valence-electron chi connectivity index (χ4n) is 4.85. The number of nitrogens with zero attached hydrogens (tertiary/aromatic N) is 2. The minimum atomic E-state index is -0.684. The Morgan fingerprint density at radius 1 is 0.757 bits per heavy atom. The molecule has 182 valence electrons. The predicted molar refractivity (Wildman–Crippen MR) is 163 cm³/mol. The molecule has 0 aliphatic heterocycles. The fourth-order valence-corrected chi connectivity index (χ4v) is 6.97. The number of allylic oxidation sites excluding steroid dienone is 1. The van der Waals surface area contributed by atoms with Crippen LogP contribution in [-0.4, -0.2) is 26.9 Å². The van der Waals surface area contributed by atoms with Gasteiger partial charge < -0.3 is 4.57 Å². The highest BCUT2D eigenvalue weighted by molar-refractivity contribution is 6.50. The summed E-state index contributed by atoms with van der Waals surface area (Å²) in [4.78, 5) is 4.30. The minimum Gasteiger partial charge on any atom is -0.326 e. The lowest BCUT2D eigenvalue weighted by Gasteiger charge is -2.37. The van der Waals surface area contributed by atoms with Crippen molar-refractivity contribution in [3.63, 3.8) is 0 Å². The zero-order chi connectivity index (χ0) is 25.9. The van der Waals surface area contributed by atoms with Crippen LogP contribution >= 0.6 is 0 Å². The van der Waals surface area contributed by atoms with E-state index in [1.807, 2.05) is 24.7 Å². The summed E-state index contributed by atoms with van der Waals surface area (Å²) in [5, 5.41) is 1.10. The molecule has 0 aliphatic carbocycles. The van der Waals surface area contributed by atoms with Gasteiger partial charge >= 0.3 is 0 Å². The summed E-state index contributed by atoms with van der Waals surface area (Å²) < 4.78 is 2.25. The van der Waals surface area contributed by atoms with Crippen LogP contribution in [0, 0.1) is 0 Å². The van der Waals surface area contributed by atoms with Crippen molar-refractivity contribution in [3.05, 3.63) is 180 Å². The van der Waals surface area contributed by atoms with Crippen molar-refractivity contribution in [2.24, 2.45) is 0 Å². The van der Waals surface area contributed by atoms with Gasteiger partial charge in [-0.25, -0.2) is 4.98 Å². The first kappa shape index (κ1) is 25.9. The molecule has 2 nitrogen and oxygen atoms in total. The Hall–Kier alpha value is -4.15. The molecule has 1 aromatic heterocycles. The van der Waals surface area contributed by atoms with Crippen LogP contribution in [0.25, 0.3) is 5.57 Å². The standard InChI is InChI=1S/C19H20N2Si.C14H13B/c1-16(2)22-19(21-14-13-20-15-21,17-9-5-3-6-10-17)18-11-7-4-8-12-18;15-11-14(12-7-3-1-4-8-12)13-9-5-2-6-10-13/h3-15H,1,22H2,2H3;1-11H,15H2. The van der Waals surface area contributed by atoms with Crippen LogP contribution in [0.4, 0.5) is 0 Å². The van der Waals surface area contributed by atoms with E-state index in [4.69, 9.17) is 0 Å². The highest BCUT2D eigenvalue weighted by atomic mass is 28.2. The first-order valence-corrected chi connectivity index (χ1v) is 14.1. The Balaban J connectivity index is 0.000000186. The monoisotopic (exact) mass is 496 g/mol. The van der Waals surface area contributed by atoms with E-state index in [9.17, 15) is 0 Å². The highest BCUT2D eigenvalue weighted by Crippen LogP contribution is 2.34. The molecule has 0 fully saturated rings. The van der Waals surface area contributed by atoms with Crippen molar-refractivity contribution >= 4 is 22.9 Å². The van der Waals surface area contributed by atoms with E-state index in [2.05, 4.69) is 152 Å². The Kier molecular flexibility index (Phi) is 8.90. The molecular formula is C33H33BN2Si. The van der Waals surface area contributed by atoms with E-state index in [1.165, 1.54) is 33.0 Å². The molecule has 0 unspecified atom stereocenters. The molecule has 37 heavy (non-hydrogen) atoms. The van der Waals surface area contributed by atoms with E-state index in [0.29, 0.717) is 0 Å². The first-order valence-electron chi connectivity index (χ1n) is 12.7. The number of rotatable bonds is 7. The van der Waals surface area contributed by atoms with Crippen LogP contribution in [-0.2, 0) is 5.16 Å². The first-order chi connectivity index (χ1) is 18.1. The van der Waals surface area contributed by atoms with Crippen LogP contribution in [0.3, 0.4) is 0 Å². The zero-order valence-corrected chi connectivity index (χ0v) is 23.1. The van der Waals surface area contributed by atoms with Gasteiger partial charge in [0.25, 0.3) is 0 Å². The molecule has 1 heterocycles. The lowest BCUT2D eigenvalue weighted by atomic mass is 9.92. The molecule has 0 N–H and O–H groups in total. The molecule has 4 aromatic carbocycles. The molecule has 0 radical (unpaired) electrons. The van der Waals surface area contributed by atoms with Crippen LogP contribution in [0.2, 0.25) is 0 Å². The van der Waals surface area contributed by atoms with Crippen molar-refractivity contribution in [2.75, 3.05) is 0 Å². The maximum absolute atomic E-state index is 4.30. The quantitative estimate of drug-likeness (QED) is 0.251. The summed E-state index contributed by atoms with van der Waals surface area (Å²) in [5.74, 6) is 2.16. The van der Waals surface area contributed by atoms with Crippen LogP contribution in [0.15, 0.2) is 158 Å². The molecule has 0 aliphatic rings. The van der Waals surface area contributed by atoms with Gasteiger partial charge in [-0.15, -0.1) is 12.6 Å². The Labute approximate surface area is 224 Å². The number of benzene rings is 4. The normalized spacial score (nSPS) is 10.9. The number of imidazole rings is 1. The number of hydrogen-bond donors (Lipinski definition) is 0. The van der Waals surface area contributed by atoms with E-state index in [0.717, 1.165) is 0 Å². The maximum Gasteiger partial charge on any atom is 0.130 e. The van der Waals surface area contributed by atoms with Gasteiger partial charge in [0.15, 0.2) is 0 Å². The molecule has 5 rings (SSSR count). The van der Waals surface area contributed by atoms with Crippen LogP contribution < -0.4 is 0 Å². The summed E-state index contributed by atoms with van der Waals surface area (Å²) in [7, 11) is 1.39. The fraction of sp³-hybridized carbons (Fsp3) is 0.0606. The van der Waals surface area contributed by atoms with Crippen LogP contribution in [0.1, 0.15) is 29.2 Å². The lowest BCUT2D eigenvalue weighted by molar-refractivity contribution is 0.595. The third kappa shape index (κ3) is 6.17. The highest BCUT2D eigenvalue weighted by Gasteiger charge is 2.36. The Morgan fingerprint density at radius 2 is 1.19 bits per heavy atom. The second kappa shape index (κ2) is 12.7. The largest absolute Gasteiger partial charge is 0.326 e. The second-order valence-electron chi connectivity index (χ2n) is 9.13. The van der Waals surface area contributed by atoms with Crippen molar-refractivity contribution < 1.29 is 0 Å². The van der Waals surface area contributed by atoms with E-state index in [1.54, 1.807) is 0 Å². The lowest BCUT2D eigenvalue weighted by Crippen LogP contribution is -2.42. The topological polar surface area (TPSA) is 17.8 Å². The van der Waals surface area contributed by atoms with E-state index >= 15 is 0 Å². The maximum atomic E-state index is 4.30. The average Bonchev–Trinajstić information content (AvgIpc) is 3.50. The summed E-state index contributed by atoms with van der Waals surface area (Å²) in [6, 6.07) is 42.3. The van der Waals surface area contributed by atoms with Gasteiger partial charge in [0, 0.05) is 12.4 Å². The molecule has 0 amide bonds. The Bertz CT molecular complexity index is 1320. The van der Waals surface area contributed by atoms with Crippen molar-refractivity contribution in [1.82, 2.24) is 9.55 Å². The molecule has 0 atom stereocenters. The Morgan fingerprint density at radius 3 is 1.54 bits per heavy atom. The second-order valence-corrected chi connectivity index (χ2v) is 11.7. The third-order valence-electron chi connectivity index (χ3n) is 6.46. The molecular weight excluding hydrogens is 463 g/mol. The number of hydrogen-bond acceptors (Lipinski definition) is 1. The predicted octanol–water partition coefficient (Wildman–Crippen LogP) is 6.04. The van der Waals surface area contributed by atoms with Crippen LogP contribution in [0.5, 0.6) is 0 Å². The van der Waals surface area contributed by atoms with Gasteiger partial charge in [0.1, 0.15) is 7.85 Å². The van der Waals surface area contributed by atoms with Crippen molar-refractivity contribution in [3.8, 4) is 0 Å². The van der Waals surface area contributed by atoms with Gasteiger partial charge in [0.05, 0.1) is 21.0 Å². The van der Waals surface area contributed by atoms with Gasteiger partial charge in [-0.05, 0) is 34.8 Å². The van der Waals surface area contributed by atoms with Gasteiger partial charge in [-0.3, -0.25) is 0 Å². The SMILES string of the molecule is BC=C(c1ccccc1)c1ccccc1.C=C(C)[SiH2]C(c1ccccc1)(c1ccccc1)n1ccnc1. The average molecular weight is 497 g/mol. The summed E-state index contributed by atoms with van der Waals surface area (Å²) in [6.07, 6.45) is 5.85. The van der Waals surface area contributed by atoms with Crippen molar-refractivity contribution in [2.45, 2.75) is 12.1 Å². The zero-order valence-electron chi connectivity index (χ0n) is 21.7. The number of aromatic nitrogens is 2. The van der Waals surface area contributed by atoms with Gasteiger partial charge in [-0.2, -0.15) is 0 Å². The van der Waals surface area contributed by atoms with Crippen molar-refractivity contribution in [1.29, 1.82) is 0 Å². The third-order valence-corrected chi connectivity index (χ3v) is 8.76. The van der Waals surface area contributed by atoms with E-state index < -0.39 is 9.52 Å². The molecule has 4 heteroatoms. The summed E-state index contributed by atoms with van der Waals surface area (Å²) in [6.45, 7) is 6.37. The molecule has 5 aromatic rings. The molecule has 0 saturated heterocycles. The minimum absolute atomic E-state index is 0.176. The molecule has 0 bridgehead atoms. The molecule has 0 spiro atoms.